The van der Waals surface area contributed by atoms with Gasteiger partial charge < -0.3 is 10.2 Å². The number of hydrogen-bond donors (Lipinski definition) is 1. The number of benzene rings is 2. The number of anilines is 1. The van der Waals surface area contributed by atoms with Gasteiger partial charge in [-0.25, -0.2) is 8.42 Å². The van der Waals surface area contributed by atoms with Gasteiger partial charge in [-0.15, -0.1) is 0 Å². The third-order valence-corrected chi connectivity index (χ3v) is 7.57. The monoisotopic (exact) mass is 535 g/mol. The highest BCUT2D eigenvalue weighted by molar-refractivity contribution is 7.92. The summed E-state index contributed by atoms with van der Waals surface area (Å²) in [6.07, 6.45) is 2.82. The maximum absolute atomic E-state index is 13.4. The molecule has 0 saturated carbocycles. The predicted octanol–water partition coefficient (Wildman–Crippen LogP) is 4.92. The quantitative estimate of drug-likeness (QED) is 0.394. The molecule has 2 aromatic rings. The number of halogens is 1. The van der Waals surface area contributed by atoms with Crippen molar-refractivity contribution in [2.45, 2.75) is 72.0 Å². The lowest BCUT2D eigenvalue weighted by Crippen LogP contribution is -2.50. The Kier molecular flexibility index (Phi) is 11.2. The summed E-state index contributed by atoms with van der Waals surface area (Å²) in [4.78, 5) is 28.1. The van der Waals surface area contributed by atoms with Gasteiger partial charge in [-0.1, -0.05) is 55.3 Å². The van der Waals surface area contributed by atoms with Crippen molar-refractivity contribution in [3.63, 3.8) is 0 Å². The van der Waals surface area contributed by atoms with Crippen LogP contribution in [0.15, 0.2) is 48.5 Å². The highest BCUT2D eigenvalue weighted by Gasteiger charge is 2.29. The first kappa shape index (κ1) is 29.6. The summed E-state index contributed by atoms with van der Waals surface area (Å²) in [6, 6.07) is 13.8. The lowest BCUT2D eigenvalue weighted by molar-refractivity contribution is -0.141. The second-order valence-electron chi connectivity index (χ2n) is 9.16. The molecule has 0 aliphatic heterocycles. The number of carbonyl (C=O) groups is 2. The fraction of sp³-hybridized carbons (Fsp3) is 0.481. The van der Waals surface area contributed by atoms with E-state index in [9.17, 15) is 18.0 Å². The smallest absolute Gasteiger partial charge is 0.243 e. The molecule has 2 rings (SSSR count). The van der Waals surface area contributed by atoms with Gasteiger partial charge in [0.05, 0.1) is 11.9 Å². The van der Waals surface area contributed by atoms with Gasteiger partial charge in [0.1, 0.15) is 6.04 Å². The van der Waals surface area contributed by atoms with Crippen LogP contribution in [0.3, 0.4) is 0 Å². The largest absolute Gasteiger partial charge is 0.352 e. The van der Waals surface area contributed by atoms with Crippen LogP contribution < -0.4 is 9.62 Å². The lowest BCUT2D eigenvalue weighted by Gasteiger charge is -2.32. The van der Waals surface area contributed by atoms with Gasteiger partial charge in [0.2, 0.25) is 21.8 Å². The number of sulfonamides is 1. The topological polar surface area (TPSA) is 86.8 Å². The molecule has 2 atom stereocenters. The molecule has 0 spiro atoms. The van der Waals surface area contributed by atoms with E-state index in [1.54, 1.807) is 29.2 Å². The minimum absolute atomic E-state index is 0.00516. The van der Waals surface area contributed by atoms with Crippen LogP contribution in [0.4, 0.5) is 5.69 Å². The Bertz CT molecular complexity index is 1100. The molecule has 0 heterocycles. The number of amides is 2. The number of carbonyl (C=O) groups excluding carboxylic acids is 2. The summed E-state index contributed by atoms with van der Waals surface area (Å²) in [5.74, 6) is -0.363. The van der Waals surface area contributed by atoms with Gasteiger partial charge in [0.15, 0.2) is 0 Å². The minimum Gasteiger partial charge on any atom is -0.352 e. The van der Waals surface area contributed by atoms with Gasteiger partial charge in [-0.2, -0.15) is 0 Å². The molecule has 0 unspecified atom stereocenters. The first-order valence-corrected chi connectivity index (χ1v) is 14.6. The van der Waals surface area contributed by atoms with E-state index in [4.69, 9.17) is 11.6 Å². The van der Waals surface area contributed by atoms with Gasteiger partial charge in [0.25, 0.3) is 0 Å². The van der Waals surface area contributed by atoms with E-state index < -0.39 is 16.1 Å². The molecule has 0 aliphatic rings. The van der Waals surface area contributed by atoms with Crippen molar-refractivity contribution in [2.75, 3.05) is 17.1 Å². The zero-order valence-corrected chi connectivity index (χ0v) is 23.4. The molecular formula is C27H38ClN3O4S. The van der Waals surface area contributed by atoms with E-state index in [2.05, 4.69) is 5.32 Å². The Morgan fingerprint density at radius 2 is 1.61 bits per heavy atom. The molecule has 198 valence electrons. The minimum atomic E-state index is -3.55. The van der Waals surface area contributed by atoms with E-state index >= 15 is 0 Å². The Morgan fingerprint density at radius 3 is 2.14 bits per heavy atom. The van der Waals surface area contributed by atoms with Crippen molar-refractivity contribution in [2.24, 2.45) is 0 Å². The van der Waals surface area contributed by atoms with E-state index in [-0.39, 0.29) is 30.8 Å². The SMILES string of the molecule is CC[C@@H](C)NC(=O)[C@H](CC)N(Cc1ccc(C)cc1)C(=O)CCCN(c1ccc(Cl)cc1)S(C)(=O)=O. The van der Waals surface area contributed by atoms with Crippen LogP contribution in [0.1, 0.15) is 57.6 Å². The molecule has 7 nitrogen and oxygen atoms in total. The second kappa shape index (κ2) is 13.7. The van der Waals surface area contributed by atoms with Crippen LogP contribution in [0, 0.1) is 6.92 Å². The fourth-order valence-corrected chi connectivity index (χ4v) is 4.95. The van der Waals surface area contributed by atoms with Crippen molar-refractivity contribution >= 4 is 39.1 Å². The average Bonchev–Trinajstić information content (AvgIpc) is 2.82. The molecule has 0 radical (unpaired) electrons. The molecular weight excluding hydrogens is 498 g/mol. The first-order valence-electron chi connectivity index (χ1n) is 12.3. The molecule has 2 amide bonds. The zero-order chi connectivity index (χ0) is 26.9. The van der Waals surface area contributed by atoms with Gasteiger partial charge in [0, 0.05) is 30.6 Å². The van der Waals surface area contributed by atoms with Crippen LogP contribution in [-0.4, -0.2) is 50.0 Å². The Hall–Kier alpha value is -2.58. The third-order valence-electron chi connectivity index (χ3n) is 6.13. The third kappa shape index (κ3) is 8.82. The predicted molar refractivity (Wildman–Crippen MR) is 147 cm³/mol. The van der Waals surface area contributed by atoms with E-state index in [1.165, 1.54) is 4.31 Å². The molecule has 0 fully saturated rings. The standard InChI is InChI=1S/C27H38ClN3O4S/c1-6-21(4)29-27(33)25(7-2)30(19-22-12-10-20(3)11-13-22)26(32)9-8-18-31(36(5,34)35)24-16-14-23(28)15-17-24/h10-17,21,25H,6-9,18-19H2,1-5H3,(H,29,33)/t21-,25+/m1/s1. The Labute approximate surface area is 220 Å². The van der Waals surface area contributed by atoms with Gasteiger partial charge in [-0.05, 0) is 62.9 Å². The van der Waals surface area contributed by atoms with Crippen molar-refractivity contribution in [1.82, 2.24) is 10.2 Å². The summed E-state index contributed by atoms with van der Waals surface area (Å²) in [6.45, 7) is 8.26. The van der Waals surface area contributed by atoms with Gasteiger partial charge in [-0.3, -0.25) is 13.9 Å². The van der Waals surface area contributed by atoms with Crippen LogP contribution in [0.5, 0.6) is 0 Å². The van der Waals surface area contributed by atoms with Crippen molar-refractivity contribution in [3.8, 4) is 0 Å². The van der Waals surface area contributed by atoms with Crippen LogP contribution in [0.2, 0.25) is 5.02 Å². The van der Waals surface area contributed by atoms with Crippen LogP contribution in [0.25, 0.3) is 0 Å². The Balaban J connectivity index is 2.21. The number of rotatable bonds is 13. The number of aryl methyl sites for hydroxylation is 1. The summed E-state index contributed by atoms with van der Waals surface area (Å²) < 4.78 is 26.1. The Morgan fingerprint density at radius 1 is 1.00 bits per heavy atom. The number of hydrogen-bond acceptors (Lipinski definition) is 4. The van der Waals surface area contributed by atoms with Crippen LogP contribution >= 0.6 is 11.6 Å². The molecule has 0 saturated heterocycles. The van der Waals surface area contributed by atoms with Gasteiger partial charge >= 0.3 is 0 Å². The van der Waals surface area contributed by atoms with E-state index in [0.717, 1.165) is 23.8 Å². The fourth-order valence-electron chi connectivity index (χ4n) is 3.86. The summed E-state index contributed by atoms with van der Waals surface area (Å²) >= 11 is 5.95. The summed E-state index contributed by atoms with van der Waals surface area (Å²) in [7, 11) is -3.55. The molecule has 1 N–H and O–H groups in total. The highest BCUT2D eigenvalue weighted by Crippen LogP contribution is 2.22. The molecule has 2 aromatic carbocycles. The summed E-state index contributed by atoms with van der Waals surface area (Å²) in [5.41, 5.74) is 2.54. The highest BCUT2D eigenvalue weighted by atomic mass is 35.5. The van der Waals surface area contributed by atoms with E-state index in [0.29, 0.717) is 30.1 Å². The van der Waals surface area contributed by atoms with Crippen molar-refractivity contribution in [3.05, 3.63) is 64.7 Å². The second-order valence-corrected chi connectivity index (χ2v) is 11.5. The lowest BCUT2D eigenvalue weighted by atomic mass is 10.1. The molecule has 0 aliphatic carbocycles. The first-order chi connectivity index (χ1) is 17.0. The molecule has 9 heteroatoms. The van der Waals surface area contributed by atoms with E-state index in [1.807, 2.05) is 52.0 Å². The maximum atomic E-state index is 13.4. The number of nitrogens with zero attached hydrogens (tertiary/aromatic N) is 2. The molecule has 36 heavy (non-hydrogen) atoms. The molecule has 0 bridgehead atoms. The van der Waals surface area contributed by atoms with Crippen molar-refractivity contribution in [1.29, 1.82) is 0 Å². The number of nitrogens with one attached hydrogen (secondary N) is 1. The zero-order valence-electron chi connectivity index (χ0n) is 21.8. The average molecular weight is 536 g/mol. The molecule has 0 aromatic heterocycles. The summed E-state index contributed by atoms with van der Waals surface area (Å²) in [5, 5.41) is 3.51. The maximum Gasteiger partial charge on any atom is 0.243 e. The van der Waals surface area contributed by atoms with Crippen LogP contribution in [-0.2, 0) is 26.2 Å². The normalized spacial score (nSPS) is 13.1. The van der Waals surface area contributed by atoms with Crippen molar-refractivity contribution < 1.29 is 18.0 Å².